The molecule has 51 heavy (non-hydrogen) atoms. The second-order valence-electron chi connectivity index (χ2n) is 10.6. The fourth-order valence-electron chi connectivity index (χ4n) is 4.27. The summed E-state index contributed by atoms with van der Waals surface area (Å²) in [4.78, 5) is 32.5. The molecule has 0 unspecified atom stereocenters. The predicted octanol–water partition coefficient (Wildman–Crippen LogP) is 7.96. The van der Waals surface area contributed by atoms with Gasteiger partial charge in [0.25, 0.3) is 0 Å². The van der Waals surface area contributed by atoms with E-state index in [1.54, 1.807) is 36.4 Å². The van der Waals surface area contributed by atoms with Gasteiger partial charge in [-0.25, -0.2) is 30.4 Å². The van der Waals surface area contributed by atoms with E-state index < -0.39 is 12.1 Å². The van der Waals surface area contributed by atoms with Gasteiger partial charge in [0, 0.05) is 50.1 Å². The molecular formula is C36H32CuN8O4S2. The molecule has 0 bridgehead atoms. The third-order valence-corrected chi connectivity index (χ3v) is 8.21. The first-order valence-corrected chi connectivity index (χ1v) is 16.8. The number of phenols is 2. The van der Waals surface area contributed by atoms with Gasteiger partial charge < -0.3 is 10.2 Å². The van der Waals surface area contributed by atoms with Gasteiger partial charge in [-0.3, -0.25) is 10.6 Å². The van der Waals surface area contributed by atoms with Crippen molar-refractivity contribution in [2.75, 3.05) is 10.6 Å². The number of hydrogen-bond donors (Lipinski definition) is 6. The Morgan fingerprint density at radius 2 is 1.02 bits per heavy atom. The molecule has 12 nitrogen and oxygen atoms in total. The molecule has 0 spiro atoms. The molecule has 0 fully saturated rings. The summed E-state index contributed by atoms with van der Waals surface area (Å²) in [6.07, 6.45) is 2.78. The third-order valence-electron chi connectivity index (χ3n) is 6.69. The first-order chi connectivity index (χ1) is 24.2. The zero-order chi connectivity index (χ0) is 35.3. The summed E-state index contributed by atoms with van der Waals surface area (Å²) in [5.41, 5.74) is 11.3. The Morgan fingerprint density at radius 3 is 1.41 bits per heavy atom. The van der Waals surface area contributed by atoms with Gasteiger partial charge in [-0.05, 0) is 38.1 Å². The number of nitrogens with one attached hydrogen (secondary N) is 4. The maximum atomic E-state index is 11.9. The Kier molecular flexibility index (Phi) is 14.0. The molecule has 6 N–H and O–H groups in total. The Bertz CT molecular complexity index is 1970. The van der Waals surface area contributed by atoms with Crippen molar-refractivity contribution in [3.63, 3.8) is 0 Å². The van der Waals surface area contributed by atoms with Crippen LogP contribution in [0, 0.1) is 13.8 Å². The number of aromatic nitrogens is 2. The smallest absolute Gasteiger partial charge is 0.341 e. The molecule has 15 heteroatoms. The number of amides is 4. The molecule has 6 aromatic rings. The maximum Gasteiger partial charge on any atom is 0.341 e. The summed E-state index contributed by atoms with van der Waals surface area (Å²) in [6, 6.07) is 28.7. The second-order valence-corrected chi connectivity index (χ2v) is 12.3. The van der Waals surface area contributed by atoms with E-state index in [9.17, 15) is 19.8 Å². The van der Waals surface area contributed by atoms with Crippen molar-refractivity contribution in [2.24, 2.45) is 10.2 Å². The number of aromatic hydroxyl groups is 2. The van der Waals surface area contributed by atoms with Crippen LogP contribution in [-0.4, -0.2) is 44.7 Å². The van der Waals surface area contributed by atoms with Gasteiger partial charge in [-0.1, -0.05) is 83.9 Å². The minimum atomic E-state index is -0.502. The number of benzene rings is 4. The van der Waals surface area contributed by atoms with Gasteiger partial charge in [0.2, 0.25) is 0 Å². The number of anilines is 2. The Morgan fingerprint density at radius 1 is 0.627 bits per heavy atom. The Hall–Kier alpha value is -5.86. The molecule has 4 aromatic carbocycles. The second kappa shape index (κ2) is 18.8. The first-order valence-electron chi connectivity index (χ1n) is 15.0. The van der Waals surface area contributed by atoms with Crippen LogP contribution in [0.1, 0.15) is 22.3 Å². The van der Waals surface area contributed by atoms with Crippen molar-refractivity contribution in [3.05, 3.63) is 130 Å². The number of thiazole rings is 2. The van der Waals surface area contributed by atoms with E-state index in [1.165, 1.54) is 35.1 Å². The van der Waals surface area contributed by atoms with E-state index in [2.05, 4.69) is 41.7 Å². The fourth-order valence-corrected chi connectivity index (χ4v) is 5.70. The summed E-state index contributed by atoms with van der Waals surface area (Å²) in [7, 11) is 0. The normalized spacial score (nSPS) is 10.5. The zero-order valence-corrected chi connectivity index (χ0v) is 29.7. The van der Waals surface area contributed by atoms with Crippen molar-refractivity contribution < 1.29 is 36.9 Å². The van der Waals surface area contributed by atoms with Crippen LogP contribution >= 0.6 is 22.7 Å². The molecule has 0 atom stereocenters. The summed E-state index contributed by atoms with van der Waals surface area (Å²) in [5, 5.41) is 37.1. The number of hydrazone groups is 2. The molecule has 0 saturated carbocycles. The molecule has 1 radical (unpaired) electrons. The molecule has 6 rings (SSSR count). The minimum absolute atomic E-state index is 0. The number of aryl methyl sites for hydroxylation is 2. The number of hydrogen-bond acceptors (Lipinski definition) is 10. The number of carbonyl (C=O) groups is 2. The summed E-state index contributed by atoms with van der Waals surface area (Å²) in [5.74, 6) is 0.202. The number of nitrogens with zero attached hydrogens (tertiary/aromatic N) is 4. The van der Waals surface area contributed by atoms with Gasteiger partial charge in [0.05, 0.1) is 23.8 Å². The van der Waals surface area contributed by atoms with Gasteiger partial charge in [0.1, 0.15) is 11.5 Å². The van der Waals surface area contributed by atoms with Gasteiger partial charge in [0.15, 0.2) is 10.3 Å². The monoisotopic (exact) mass is 767 g/mol. The molecule has 263 valence electrons. The molecular weight excluding hydrogens is 736 g/mol. The number of phenolic OH excluding ortho intramolecular Hbond substituents is 2. The van der Waals surface area contributed by atoms with Crippen molar-refractivity contribution in [1.29, 1.82) is 0 Å². The van der Waals surface area contributed by atoms with Crippen molar-refractivity contribution in [2.45, 2.75) is 13.8 Å². The van der Waals surface area contributed by atoms with E-state index >= 15 is 0 Å². The van der Waals surface area contributed by atoms with Gasteiger partial charge in [-0.2, -0.15) is 10.2 Å². The van der Waals surface area contributed by atoms with E-state index in [0.29, 0.717) is 21.4 Å². The van der Waals surface area contributed by atoms with E-state index in [-0.39, 0.29) is 28.6 Å². The van der Waals surface area contributed by atoms with Crippen LogP contribution in [0.5, 0.6) is 11.5 Å². The largest absolute Gasteiger partial charge is 0.507 e. The molecule has 0 aliphatic carbocycles. The molecule has 2 aromatic heterocycles. The predicted molar refractivity (Wildman–Crippen MR) is 200 cm³/mol. The van der Waals surface area contributed by atoms with Crippen molar-refractivity contribution >= 4 is 57.4 Å². The SMILES string of the molecule is Cc1ccc(O)c(/C=N/NC(=O)Nc2nc(-c3ccccc3)cs2)c1.Cc1ccc(O)c(/C=N/NC(=O)Nc2nc(-c3ccccc3)cs2)c1.[Cu]. The van der Waals surface area contributed by atoms with Crippen LogP contribution in [0.3, 0.4) is 0 Å². The quantitative estimate of drug-likeness (QED) is 0.0521. The Labute approximate surface area is 312 Å². The van der Waals surface area contributed by atoms with Crippen LogP contribution in [0.25, 0.3) is 22.5 Å². The topological polar surface area (TPSA) is 173 Å². The minimum Gasteiger partial charge on any atom is -0.507 e. The molecule has 0 saturated heterocycles. The molecule has 2 heterocycles. The first kappa shape index (κ1) is 37.9. The zero-order valence-electron chi connectivity index (χ0n) is 27.2. The third kappa shape index (κ3) is 11.6. The average Bonchev–Trinajstić information content (AvgIpc) is 3.79. The van der Waals surface area contributed by atoms with Gasteiger partial charge >= 0.3 is 12.1 Å². The molecule has 0 aliphatic rings. The Balaban J connectivity index is 0.000000224. The van der Waals surface area contributed by atoms with Crippen LogP contribution in [-0.2, 0) is 17.1 Å². The summed E-state index contributed by atoms with van der Waals surface area (Å²) < 4.78 is 0. The molecule has 0 aliphatic heterocycles. The fraction of sp³-hybridized carbons (Fsp3) is 0.0556. The van der Waals surface area contributed by atoms with Crippen LogP contribution in [0.15, 0.2) is 118 Å². The van der Waals surface area contributed by atoms with E-state index in [4.69, 9.17) is 0 Å². The molecule has 4 amide bonds. The summed E-state index contributed by atoms with van der Waals surface area (Å²) in [6.45, 7) is 3.81. The maximum absolute atomic E-state index is 11.9. The van der Waals surface area contributed by atoms with Crippen molar-refractivity contribution in [1.82, 2.24) is 20.8 Å². The number of carbonyl (C=O) groups excluding carboxylic acids is 2. The van der Waals surface area contributed by atoms with Gasteiger partial charge in [-0.15, -0.1) is 22.7 Å². The van der Waals surface area contributed by atoms with Crippen LogP contribution < -0.4 is 21.5 Å². The average molecular weight is 768 g/mol. The van der Waals surface area contributed by atoms with E-state index in [0.717, 1.165) is 33.6 Å². The van der Waals surface area contributed by atoms with Crippen LogP contribution in [0.2, 0.25) is 0 Å². The summed E-state index contributed by atoms with van der Waals surface area (Å²) >= 11 is 2.66. The number of rotatable bonds is 8. The van der Waals surface area contributed by atoms with E-state index in [1.807, 2.05) is 85.3 Å². The van der Waals surface area contributed by atoms with Crippen molar-refractivity contribution in [3.8, 4) is 34.0 Å². The standard InChI is InChI=1S/2C18H16N4O2S.Cu/c2*1-12-7-8-16(23)14(9-12)10-19-22-17(24)21-18-20-15(11-25-18)13-5-3-2-4-6-13;/h2*2-11,23H,1H3,(H2,20,21,22,24);/b2*19-10+;. The van der Waals surface area contributed by atoms with Crippen LogP contribution in [0.4, 0.5) is 19.9 Å². The number of urea groups is 2.